The number of carbonyl (C=O) groups is 1. The van der Waals surface area contributed by atoms with E-state index < -0.39 is 6.10 Å². The van der Waals surface area contributed by atoms with Crippen molar-refractivity contribution < 1.29 is 23.7 Å². The number of anilines is 1. The Labute approximate surface area is 151 Å². The van der Waals surface area contributed by atoms with Gasteiger partial charge in [-0.25, -0.2) is 0 Å². The first-order chi connectivity index (χ1) is 12.0. The van der Waals surface area contributed by atoms with Crippen LogP contribution < -0.4 is 24.3 Å². The van der Waals surface area contributed by atoms with Crippen molar-refractivity contribution in [3.05, 3.63) is 41.4 Å². The van der Waals surface area contributed by atoms with Crippen molar-refractivity contribution in [2.75, 3.05) is 26.6 Å². The van der Waals surface area contributed by atoms with E-state index in [4.69, 9.17) is 30.5 Å². The quantitative estimate of drug-likeness (QED) is 0.809. The number of ether oxygens (including phenoxy) is 4. The summed E-state index contributed by atoms with van der Waals surface area (Å²) in [5.74, 6) is 1.82. The Hall–Kier alpha value is -2.60. The lowest BCUT2D eigenvalue weighted by Crippen LogP contribution is -2.30. The average molecular weight is 366 g/mol. The summed E-state index contributed by atoms with van der Waals surface area (Å²) in [6.45, 7) is 1.65. The Morgan fingerprint density at radius 3 is 2.12 bits per heavy atom. The van der Waals surface area contributed by atoms with E-state index in [2.05, 4.69) is 5.32 Å². The number of amides is 1. The number of hydrogen-bond donors (Lipinski definition) is 1. The molecule has 0 saturated heterocycles. The summed E-state index contributed by atoms with van der Waals surface area (Å²) in [4.78, 5) is 12.4. The molecule has 0 bridgehead atoms. The van der Waals surface area contributed by atoms with Crippen molar-refractivity contribution in [2.24, 2.45) is 0 Å². The Morgan fingerprint density at radius 1 is 0.960 bits per heavy atom. The molecular weight excluding hydrogens is 346 g/mol. The van der Waals surface area contributed by atoms with E-state index in [-0.39, 0.29) is 5.91 Å². The van der Waals surface area contributed by atoms with Crippen molar-refractivity contribution in [3.8, 4) is 23.0 Å². The molecule has 25 heavy (non-hydrogen) atoms. The zero-order valence-electron chi connectivity index (χ0n) is 14.5. The molecule has 0 aliphatic heterocycles. The van der Waals surface area contributed by atoms with Crippen LogP contribution >= 0.6 is 11.6 Å². The minimum Gasteiger partial charge on any atom is -0.497 e. The first-order valence-corrected chi connectivity index (χ1v) is 7.89. The van der Waals surface area contributed by atoms with Crippen molar-refractivity contribution in [3.63, 3.8) is 0 Å². The summed E-state index contributed by atoms with van der Waals surface area (Å²) in [6, 6.07) is 10.1. The van der Waals surface area contributed by atoms with Gasteiger partial charge in [-0.15, -0.1) is 0 Å². The predicted octanol–water partition coefficient (Wildman–Crippen LogP) is 3.77. The van der Waals surface area contributed by atoms with Crippen LogP contribution in [0.4, 0.5) is 5.69 Å². The minimum atomic E-state index is -0.723. The monoisotopic (exact) mass is 365 g/mol. The zero-order chi connectivity index (χ0) is 18.4. The molecule has 0 radical (unpaired) electrons. The van der Waals surface area contributed by atoms with Gasteiger partial charge in [0, 0.05) is 6.07 Å². The van der Waals surface area contributed by atoms with E-state index >= 15 is 0 Å². The molecule has 6 nitrogen and oxygen atoms in total. The predicted molar refractivity (Wildman–Crippen MR) is 96.3 cm³/mol. The number of halogens is 1. The van der Waals surface area contributed by atoms with E-state index in [1.165, 1.54) is 14.2 Å². The highest BCUT2D eigenvalue weighted by Crippen LogP contribution is 2.36. The van der Waals surface area contributed by atoms with Gasteiger partial charge in [0.1, 0.15) is 23.0 Å². The zero-order valence-corrected chi connectivity index (χ0v) is 15.2. The number of rotatable bonds is 7. The van der Waals surface area contributed by atoms with E-state index in [0.717, 1.165) is 0 Å². The normalized spacial score (nSPS) is 11.4. The Morgan fingerprint density at radius 2 is 1.56 bits per heavy atom. The molecule has 1 atom stereocenters. The maximum absolute atomic E-state index is 12.4. The summed E-state index contributed by atoms with van der Waals surface area (Å²) in [7, 11) is 4.58. The van der Waals surface area contributed by atoms with Crippen molar-refractivity contribution in [1.82, 2.24) is 0 Å². The number of benzene rings is 2. The van der Waals surface area contributed by atoms with Crippen LogP contribution in [0.2, 0.25) is 5.02 Å². The molecule has 0 aromatic heterocycles. The fraction of sp³-hybridized carbons (Fsp3) is 0.278. The Kier molecular flexibility index (Phi) is 6.36. The molecule has 2 aromatic rings. The van der Waals surface area contributed by atoms with Crippen LogP contribution in [0.25, 0.3) is 0 Å². The van der Waals surface area contributed by atoms with Crippen molar-refractivity contribution in [2.45, 2.75) is 13.0 Å². The fourth-order valence-electron chi connectivity index (χ4n) is 2.10. The van der Waals surface area contributed by atoms with Gasteiger partial charge in [-0.05, 0) is 37.3 Å². The third-order valence-corrected chi connectivity index (χ3v) is 3.77. The fourth-order valence-corrected chi connectivity index (χ4v) is 2.34. The molecule has 134 valence electrons. The maximum atomic E-state index is 12.4. The molecule has 1 N–H and O–H groups in total. The van der Waals surface area contributed by atoms with Crippen LogP contribution in [-0.2, 0) is 4.79 Å². The number of nitrogens with one attached hydrogen (secondary N) is 1. The first-order valence-electron chi connectivity index (χ1n) is 7.51. The largest absolute Gasteiger partial charge is 0.497 e. The molecule has 2 rings (SSSR count). The highest BCUT2D eigenvalue weighted by Gasteiger charge is 2.18. The smallest absolute Gasteiger partial charge is 0.265 e. The number of methoxy groups -OCH3 is 3. The maximum Gasteiger partial charge on any atom is 0.265 e. The van der Waals surface area contributed by atoms with Crippen LogP contribution in [0.5, 0.6) is 23.0 Å². The average Bonchev–Trinajstić information content (AvgIpc) is 2.62. The van der Waals surface area contributed by atoms with Crippen molar-refractivity contribution >= 4 is 23.2 Å². The van der Waals surface area contributed by atoms with Gasteiger partial charge in [-0.3, -0.25) is 4.79 Å². The molecule has 0 aliphatic rings. The second-order valence-corrected chi connectivity index (χ2v) is 5.52. The molecular formula is C18H20ClNO5. The van der Waals surface area contributed by atoms with E-state index in [0.29, 0.717) is 33.7 Å². The standard InChI is InChI=1S/C18H20ClNO5/c1-11(25-13-7-5-12(22-2)6-8-13)18(21)20-15-9-14(19)16(23-3)10-17(15)24-4/h5-11H,1-4H3,(H,20,21). The lowest BCUT2D eigenvalue weighted by molar-refractivity contribution is -0.122. The van der Waals surface area contributed by atoms with E-state index in [9.17, 15) is 4.79 Å². The Balaban J connectivity index is 2.08. The molecule has 0 heterocycles. The second kappa shape index (κ2) is 8.48. The summed E-state index contributed by atoms with van der Waals surface area (Å²) < 4.78 is 21.1. The number of hydrogen-bond acceptors (Lipinski definition) is 5. The molecule has 0 spiro atoms. The van der Waals surface area contributed by atoms with Crippen LogP contribution in [0.3, 0.4) is 0 Å². The van der Waals surface area contributed by atoms with Gasteiger partial charge in [0.15, 0.2) is 6.10 Å². The molecule has 2 aromatic carbocycles. The SMILES string of the molecule is COc1ccc(OC(C)C(=O)Nc2cc(Cl)c(OC)cc2OC)cc1. The van der Waals surface area contributed by atoms with Crippen LogP contribution in [0, 0.1) is 0 Å². The summed E-state index contributed by atoms with van der Waals surface area (Å²) in [5, 5.41) is 3.11. The highest BCUT2D eigenvalue weighted by atomic mass is 35.5. The van der Waals surface area contributed by atoms with Gasteiger partial charge < -0.3 is 24.3 Å². The summed E-state index contributed by atoms with van der Waals surface area (Å²) >= 11 is 6.10. The second-order valence-electron chi connectivity index (χ2n) is 5.11. The molecule has 7 heteroatoms. The van der Waals surface area contributed by atoms with Gasteiger partial charge >= 0.3 is 0 Å². The van der Waals surface area contributed by atoms with Gasteiger partial charge in [-0.1, -0.05) is 11.6 Å². The molecule has 0 saturated carbocycles. The van der Waals surface area contributed by atoms with Gasteiger partial charge in [-0.2, -0.15) is 0 Å². The van der Waals surface area contributed by atoms with E-state index in [1.54, 1.807) is 50.4 Å². The Bertz CT molecular complexity index is 733. The van der Waals surface area contributed by atoms with Crippen LogP contribution in [0.15, 0.2) is 36.4 Å². The first kappa shape index (κ1) is 18.7. The lowest BCUT2D eigenvalue weighted by Gasteiger charge is -2.17. The summed E-state index contributed by atoms with van der Waals surface area (Å²) in [5.41, 5.74) is 0.434. The third-order valence-electron chi connectivity index (χ3n) is 3.47. The van der Waals surface area contributed by atoms with Crippen LogP contribution in [-0.4, -0.2) is 33.3 Å². The summed E-state index contributed by atoms with van der Waals surface area (Å²) in [6.07, 6.45) is -0.723. The topological polar surface area (TPSA) is 66.0 Å². The molecule has 1 unspecified atom stereocenters. The van der Waals surface area contributed by atoms with Gasteiger partial charge in [0.05, 0.1) is 32.0 Å². The van der Waals surface area contributed by atoms with Gasteiger partial charge in [0.25, 0.3) is 5.91 Å². The molecule has 0 fully saturated rings. The molecule has 1 amide bonds. The van der Waals surface area contributed by atoms with Crippen molar-refractivity contribution in [1.29, 1.82) is 0 Å². The minimum absolute atomic E-state index is 0.338. The highest BCUT2D eigenvalue weighted by molar-refractivity contribution is 6.32. The van der Waals surface area contributed by atoms with Crippen LogP contribution in [0.1, 0.15) is 6.92 Å². The third kappa shape index (κ3) is 4.70. The number of carbonyl (C=O) groups excluding carboxylic acids is 1. The lowest BCUT2D eigenvalue weighted by atomic mass is 10.2. The molecule has 0 aliphatic carbocycles. The van der Waals surface area contributed by atoms with E-state index in [1.807, 2.05) is 0 Å². The van der Waals surface area contributed by atoms with Gasteiger partial charge in [0.2, 0.25) is 0 Å².